The molecule has 0 saturated carbocycles. The van der Waals surface area contributed by atoms with Gasteiger partial charge in [-0.05, 0) is 0 Å². The van der Waals surface area contributed by atoms with Gasteiger partial charge in [-0.2, -0.15) is 40.8 Å². The zero-order valence-corrected chi connectivity index (χ0v) is 55.3. The first-order valence-corrected chi connectivity index (χ1v) is 39.4. The topological polar surface area (TPSA) is 778 Å². The average Bonchev–Trinajstić information content (AvgIpc) is 1.32. The molecule has 8 unspecified atom stereocenters. The molecule has 16 rings (SSSR count). The predicted octanol–water partition coefficient (Wildman–Crippen LogP) is -2.42. The van der Waals surface area contributed by atoms with E-state index < -0.39 is 209 Å². The number of hydrogen-bond acceptors (Lipinski definition) is 55. The van der Waals surface area contributed by atoms with Crippen LogP contribution < -0.4 is 33.9 Å². The Morgan fingerprint density at radius 3 is 1.30 bits per heavy atom. The van der Waals surface area contributed by atoms with Gasteiger partial charge in [-0.25, -0.2) is 56.0 Å². The van der Waals surface area contributed by atoms with E-state index in [1.807, 2.05) is 0 Å². The van der Waals surface area contributed by atoms with Gasteiger partial charge in [0, 0.05) is 0 Å². The maximum Gasteiger partial charge on any atom is 0.524 e. The van der Waals surface area contributed by atoms with Crippen LogP contribution in [-0.4, -0.2) is 186 Å². The third kappa shape index (κ3) is 13.3. The smallest absolute Gasteiger partial charge is 0.387 e. The fraction of sp³-hybridized carbons (Fsp3) is 0.500. The molecular weight excluding hydrogens is 1580 g/mol. The maximum absolute atomic E-state index is 14.5. The normalized spacial score (nSPS) is 41.0. The second-order valence-corrected chi connectivity index (χ2v) is 34.9. The van der Waals surface area contributed by atoms with Crippen LogP contribution in [0.3, 0.4) is 0 Å². The Bertz CT molecular complexity index is 4980. The van der Waals surface area contributed by atoms with Gasteiger partial charge in [0.15, 0.2) is 52.2 Å². The van der Waals surface area contributed by atoms with Crippen molar-refractivity contribution in [2.45, 2.75) is 73.6 Å². The SMILES string of the molecule is Nc1nc2c(ncn2[C@@H]2O[C@H](COP3(=O)ON(OP4(=O)ON5OP(=O)(OC[C@H]6O[C@@H](n7cnc8c(=O)[nH]c(N)nc87)[C@H](O)[C@@H]6O)OP(=O)(O5)O4)OP(=O)(OP4(=O)ON(OP(=O)(OC[C@H]5O[C@@H](n6cnc7c(=O)[nH]c(N)nc76)[C@H](O)[C@@H]5O)OP5(=O)ON6OP(=O)(O6)O5)O4)O3)[C@@H](O)[C@H]2O)c(=O)[nH]1. The van der Waals surface area contributed by atoms with Gasteiger partial charge in [0.05, 0.1) is 38.8 Å². The highest BCUT2D eigenvalue weighted by Crippen LogP contribution is 2.84. The number of ether oxygens (including phenoxy) is 3. The third-order valence-electron chi connectivity index (χ3n) is 13.6. The number of phosphoric acid groups is 9. The van der Waals surface area contributed by atoms with Crippen molar-refractivity contribution >= 4 is 122 Å². The summed E-state index contributed by atoms with van der Waals surface area (Å²) in [6.45, 7) is -3.87. The molecule has 10 saturated heterocycles. The lowest BCUT2D eigenvalue weighted by molar-refractivity contribution is -0.496. The molecule has 70 heteroatoms. The lowest BCUT2D eigenvalue weighted by Crippen LogP contribution is -2.38. The summed E-state index contributed by atoms with van der Waals surface area (Å²) in [5.41, 5.74) is 12.6. The number of fused-ring (bicyclic) bond motifs is 7. The summed E-state index contributed by atoms with van der Waals surface area (Å²) in [5.74, 6) is -1.26. The average molecular weight is 1610 g/mol. The Labute approximate surface area is 542 Å². The molecule has 100 heavy (non-hydrogen) atoms. The van der Waals surface area contributed by atoms with Gasteiger partial charge in [0.25, 0.3) is 16.7 Å². The van der Waals surface area contributed by atoms with E-state index in [2.05, 4.69) is 81.2 Å². The highest BCUT2D eigenvalue weighted by Gasteiger charge is 2.68. The van der Waals surface area contributed by atoms with Gasteiger partial charge in [-0.15, -0.1) is 55.5 Å². The molecular formula is C30H36N19O42P9. The van der Waals surface area contributed by atoms with Crippen molar-refractivity contribution in [1.82, 2.24) is 80.1 Å². The highest BCUT2D eigenvalue weighted by molar-refractivity contribution is 7.70. The largest absolute Gasteiger partial charge is 0.524 e. The number of rotatable bonds is 20. The molecule has 4 bridgehead atoms. The number of hydrogen-bond donors (Lipinski definition) is 12. The molecule has 6 aromatic heterocycles. The van der Waals surface area contributed by atoms with Gasteiger partial charge < -0.3 is 62.1 Å². The fourth-order valence-electron chi connectivity index (χ4n) is 9.47. The Morgan fingerprint density at radius 1 is 0.460 bits per heavy atom. The molecule has 0 aliphatic carbocycles. The molecule has 15 N–H and O–H groups in total. The van der Waals surface area contributed by atoms with E-state index in [0.717, 1.165) is 32.7 Å². The van der Waals surface area contributed by atoms with Crippen LogP contribution in [0, 0.1) is 0 Å². The van der Waals surface area contributed by atoms with Crippen LogP contribution in [0.25, 0.3) is 33.5 Å². The summed E-state index contributed by atoms with van der Waals surface area (Å²) in [6, 6.07) is 0. The standard InChI is InChI=1S/C30H36N19O42P9/c31-28-37-19-10(22(56)40-28)34-4-43(19)25-16(53)13(50)7(71-25)1-68-92(59,86-100(67)85-49-81-97(64,82-49)91-100)74-46-77-95(62,78-46)89-98(65)83-47(75-93(60,87-98)69-2-8-14(51)17(54)26(72-8)44-5-35-11-20(44)38-29(32)41-23(11)57)79-96(63)80-48-76-94(61,88-99(66,84-48)90-96)70-3-9-15(52)18(55)27(73-9)45-6-36-12-21(45)39-30(33)42-24(12)58/h4-9,13-18,25-27,50-55H,1-3H2,(H3,31,37,40,56)(H3,32,38,41,57)(H3,33,39,42,58)/t7-,8-,9-,13-,14-,15-,16-,17-,18-,25-,26-,27-,92?,93?,94?,96?,98?,99?,100?/m1/s1. The molecule has 0 radical (unpaired) electrons. The number of nitrogen functional groups attached to an aromatic ring is 3. The minimum Gasteiger partial charge on any atom is -0.387 e. The Morgan fingerprint density at radius 2 is 0.840 bits per heavy atom. The van der Waals surface area contributed by atoms with E-state index in [4.69, 9.17) is 90.0 Å². The van der Waals surface area contributed by atoms with Crippen molar-refractivity contribution in [1.29, 1.82) is 0 Å². The minimum atomic E-state index is -6.46. The van der Waals surface area contributed by atoms with Crippen molar-refractivity contribution in [3.63, 3.8) is 0 Å². The summed E-state index contributed by atoms with van der Waals surface area (Å²) < 4.78 is 244. The maximum atomic E-state index is 14.5. The van der Waals surface area contributed by atoms with Gasteiger partial charge in [0.2, 0.25) is 17.8 Å². The molecule has 0 amide bonds. The first kappa shape index (κ1) is 70.8. The number of aliphatic hydroxyl groups excluding tert-OH is 6. The quantitative estimate of drug-likeness (QED) is 0.0354. The van der Waals surface area contributed by atoms with Crippen LogP contribution in [0.2, 0.25) is 0 Å². The molecule has 6 aromatic rings. The van der Waals surface area contributed by atoms with E-state index in [1.54, 1.807) is 0 Å². The predicted molar refractivity (Wildman–Crippen MR) is 289 cm³/mol. The lowest BCUT2D eigenvalue weighted by atomic mass is 10.1. The molecule has 16 heterocycles. The number of aromatic nitrogens is 12. The number of aliphatic hydroxyl groups is 6. The van der Waals surface area contributed by atoms with E-state index in [-0.39, 0.29) is 44.8 Å². The second-order valence-electron chi connectivity index (χ2n) is 20.2. The van der Waals surface area contributed by atoms with E-state index in [0.29, 0.717) is 0 Å². The van der Waals surface area contributed by atoms with Crippen LogP contribution >= 0.6 is 70.4 Å². The third-order valence-corrected chi connectivity index (χ3v) is 28.6. The molecule has 0 spiro atoms. The first-order chi connectivity index (χ1) is 46.9. The Balaban J connectivity index is 0.645. The van der Waals surface area contributed by atoms with Gasteiger partial charge in [-0.1, -0.05) is 0 Å². The van der Waals surface area contributed by atoms with Crippen molar-refractivity contribution in [2.24, 2.45) is 0 Å². The summed E-state index contributed by atoms with van der Waals surface area (Å²) in [6.07, 6.45) is -19.9. The van der Waals surface area contributed by atoms with E-state index in [9.17, 15) is 86.1 Å². The van der Waals surface area contributed by atoms with Gasteiger partial charge in [-0.3, -0.25) is 56.6 Å². The zero-order valence-electron chi connectivity index (χ0n) is 47.2. The van der Waals surface area contributed by atoms with Crippen molar-refractivity contribution in [3.8, 4) is 0 Å². The molecule has 61 nitrogen and oxygen atoms in total. The molecule has 20 atom stereocenters. The lowest BCUT2D eigenvalue weighted by Gasteiger charge is -2.40. The zero-order chi connectivity index (χ0) is 71.0. The molecule has 0 aromatic carbocycles. The van der Waals surface area contributed by atoms with Crippen molar-refractivity contribution in [3.05, 3.63) is 50.0 Å². The molecule has 548 valence electrons. The van der Waals surface area contributed by atoms with Crippen LogP contribution in [0.1, 0.15) is 18.7 Å². The highest BCUT2D eigenvalue weighted by atomic mass is 31.3. The summed E-state index contributed by atoms with van der Waals surface area (Å²) in [4.78, 5) is 67.1. The van der Waals surface area contributed by atoms with Gasteiger partial charge in [0.1, 0.15) is 76.5 Å². The van der Waals surface area contributed by atoms with E-state index in [1.165, 1.54) is 0 Å². The molecule has 10 aliphatic rings. The molecule has 10 aliphatic heterocycles. The van der Waals surface area contributed by atoms with Crippen LogP contribution in [0.4, 0.5) is 17.8 Å². The summed E-state index contributed by atoms with van der Waals surface area (Å²) in [5, 5.41) is 63.1. The number of nitrogens with one attached hydrogen (secondary N) is 3. The number of anilines is 3. The van der Waals surface area contributed by atoms with Gasteiger partial charge >= 0.3 is 70.4 Å². The monoisotopic (exact) mass is 1610 g/mol. The summed E-state index contributed by atoms with van der Waals surface area (Å²) >= 11 is 0. The Hall–Kier alpha value is -4.84. The van der Waals surface area contributed by atoms with Crippen molar-refractivity contribution < 1.29 is 181 Å². The van der Waals surface area contributed by atoms with Crippen molar-refractivity contribution in [2.75, 3.05) is 37.0 Å². The van der Waals surface area contributed by atoms with Crippen LogP contribution in [0.15, 0.2) is 33.4 Å². The first-order valence-electron chi connectivity index (χ1n) is 26.3. The fourth-order valence-corrected chi connectivity index (χ4v) is 23.2. The number of imidazole rings is 3. The number of nitrogens with zero attached hydrogens (tertiary/aromatic N) is 13. The summed E-state index contributed by atoms with van der Waals surface area (Å²) in [7, 11) is -52.7. The van der Waals surface area contributed by atoms with E-state index >= 15 is 0 Å². The Kier molecular flexibility index (Phi) is 17.6. The number of H-pyrrole nitrogens is 3. The second kappa shape index (κ2) is 24.9. The minimum absolute atomic E-state index is 0.235. The van der Waals surface area contributed by atoms with Crippen LogP contribution in [-0.2, 0) is 150 Å². The number of nitrogens with two attached hydrogens (primary N) is 3. The molecule has 10 fully saturated rings. The van der Waals surface area contributed by atoms with Crippen LogP contribution in [0.5, 0.6) is 0 Å². The number of aromatic amines is 3.